The third-order valence-corrected chi connectivity index (χ3v) is 3.91. The lowest BCUT2D eigenvalue weighted by Gasteiger charge is -2.33. The van der Waals surface area contributed by atoms with Crippen LogP contribution in [-0.4, -0.2) is 34.9 Å². The zero-order chi connectivity index (χ0) is 11.5. The maximum Gasteiger partial charge on any atom is 0.254 e. The Balaban J connectivity index is 2.14. The Morgan fingerprint density at radius 3 is 2.75 bits per heavy atom. The summed E-state index contributed by atoms with van der Waals surface area (Å²) < 4.78 is 12.7. The van der Waals surface area contributed by atoms with Gasteiger partial charge in [-0.05, 0) is 31.2 Å². The molecule has 86 valence electrons. The van der Waals surface area contributed by atoms with E-state index in [1.807, 2.05) is 23.6 Å². The summed E-state index contributed by atoms with van der Waals surface area (Å²) in [6, 6.07) is 6.02. The molecule has 0 aromatic heterocycles. The molecule has 0 aliphatic carbocycles. The summed E-state index contributed by atoms with van der Waals surface area (Å²) in [6.07, 6.45) is 0. The number of halogens is 1. The second-order valence-corrected chi connectivity index (χ2v) is 5.08. The summed E-state index contributed by atoms with van der Waals surface area (Å²) in [5.74, 6) is 1.66. The van der Waals surface area contributed by atoms with E-state index in [0.717, 1.165) is 18.1 Å². The van der Waals surface area contributed by atoms with Gasteiger partial charge in [-0.15, -0.1) is 0 Å². The zero-order valence-corrected chi connectivity index (χ0v) is 9.97. The minimum atomic E-state index is -0.307. The molecule has 1 aromatic rings. The van der Waals surface area contributed by atoms with Gasteiger partial charge in [0.15, 0.2) is 0 Å². The van der Waals surface area contributed by atoms with E-state index in [4.69, 9.17) is 0 Å². The molecule has 2 rings (SSSR count). The van der Waals surface area contributed by atoms with E-state index < -0.39 is 0 Å². The zero-order valence-electron chi connectivity index (χ0n) is 9.15. The first-order valence-corrected chi connectivity index (χ1v) is 6.48. The number of amides is 1. The molecule has 1 atom stereocenters. The first kappa shape index (κ1) is 11.5. The maximum absolute atomic E-state index is 12.7. The van der Waals surface area contributed by atoms with E-state index in [-0.39, 0.29) is 17.8 Å². The predicted octanol–water partition coefficient (Wildman–Crippen LogP) is 2.40. The van der Waals surface area contributed by atoms with Gasteiger partial charge in [0.05, 0.1) is 0 Å². The topological polar surface area (TPSA) is 20.3 Å². The van der Waals surface area contributed by atoms with Crippen molar-refractivity contribution >= 4 is 17.7 Å². The highest BCUT2D eigenvalue weighted by Crippen LogP contribution is 2.18. The van der Waals surface area contributed by atoms with Crippen molar-refractivity contribution in [3.63, 3.8) is 0 Å². The van der Waals surface area contributed by atoms with Gasteiger partial charge in [-0.25, -0.2) is 4.39 Å². The lowest BCUT2D eigenvalue weighted by molar-refractivity contribution is 0.0716. The number of hydrogen-bond acceptors (Lipinski definition) is 2. The van der Waals surface area contributed by atoms with E-state index in [9.17, 15) is 9.18 Å². The Bertz CT molecular complexity index is 379. The molecule has 2 nitrogen and oxygen atoms in total. The molecular weight excluding hydrogens is 225 g/mol. The van der Waals surface area contributed by atoms with Gasteiger partial charge >= 0.3 is 0 Å². The van der Waals surface area contributed by atoms with Gasteiger partial charge in [0.1, 0.15) is 5.82 Å². The van der Waals surface area contributed by atoms with Gasteiger partial charge < -0.3 is 4.90 Å². The summed E-state index contributed by atoms with van der Waals surface area (Å²) in [4.78, 5) is 14.0. The molecule has 1 unspecified atom stereocenters. The molecule has 0 N–H and O–H groups in total. The smallest absolute Gasteiger partial charge is 0.254 e. The van der Waals surface area contributed by atoms with Crippen molar-refractivity contribution in [1.82, 2.24) is 4.90 Å². The third kappa shape index (κ3) is 2.38. The average molecular weight is 239 g/mol. The molecule has 0 saturated carbocycles. The summed E-state index contributed by atoms with van der Waals surface area (Å²) in [7, 11) is 0. The van der Waals surface area contributed by atoms with Gasteiger partial charge in [0, 0.05) is 29.7 Å². The van der Waals surface area contributed by atoms with Crippen LogP contribution in [0.4, 0.5) is 4.39 Å². The van der Waals surface area contributed by atoms with Crippen molar-refractivity contribution in [2.45, 2.75) is 13.0 Å². The molecule has 0 spiro atoms. The van der Waals surface area contributed by atoms with Crippen molar-refractivity contribution in [3.8, 4) is 0 Å². The van der Waals surface area contributed by atoms with E-state index in [0.29, 0.717) is 5.56 Å². The van der Waals surface area contributed by atoms with Gasteiger partial charge in [-0.2, -0.15) is 11.8 Å². The summed E-state index contributed by atoms with van der Waals surface area (Å²) in [5.41, 5.74) is 0.570. The minimum Gasteiger partial charge on any atom is -0.334 e. The van der Waals surface area contributed by atoms with Crippen LogP contribution in [0.5, 0.6) is 0 Å². The molecule has 1 fully saturated rings. The molecule has 1 saturated heterocycles. The van der Waals surface area contributed by atoms with Gasteiger partial charge in [0.25, 0.3) is 5.91 Å². The van der Waals surface area contributed by atoms with Crippen LogP contribution in [0.3, 0.4) is 0 Å². The highest BCUT2D eigenvalue weighted by atomic mass is 32.2. The molecule has 0 bridgehead atoms. The van der Waals surface area contributed by atoms with E-state index in [1.165, 1.54) is 12.1 Å². The molecular formula is C12H14FNOS. The van der Waals surface area contributed by atoms with Crippen LogP contribution >= 0.6 is 11.8 Å². The fourth-order valence-corrected chi connectivity index (χ4v) is 2.80. The van der Waals surface area contributed by atoms with Crippen LogP contribution in [-0.2, 0) is 0 Å². The van der Waals surface area contributed by atoms with E-state index >= 15 is 0 Å². The largest absolute Gasteiger partial charge is 0.334 e. The highest BCUT2D eigenvalue weighted by Gasteiger charge is 2.24. The number of hydrogen-bond donors (Lipinski definition) is 0. The predicted molar refractivity (Wildman–Crippen MR) is 64.2 cm³/mol. The molecule has 0 radical (unpaired) electrons. The highest BCUT2D eigenvalue weighted by molar-refractivity contribution is 7.99. The molecule has 4 heteroatoms. The molecule has 1 aliphatic rings. The Morgan fingerprint density at radius 2 is 2.12 bits per heavy atom. The lowest BCUT2D eigenvalue weighted by atomic mass is 10.1. The second-order valence-electron chi connectivity index (χ2n) is 3.93. The summed E-state index contributed by atoms with van der Waals surface area (Å²) in [6.45, 7) is 2.83. The van der Waals surface area contributed by atoms with Crippen LogP contribution in [0.25, 0.3) is 0 Å². The summed E-state index contributed by atoms with van der Waals surface area (Å²) in [5, 5.41) is 0. The maximum atomic E-state index is 12.7. The standard InChI is InChI=1S/C12H14FNOS/c1-9-8-16-7-6-14(9)12(15)10-2-4-11(13)5-3-10/h2-5,9H,6-8H2,1H3. The Labute approximate surface area is 98.8 Å². The third-order valence-electron chi connectivity index (χ3n) is 2.72. The van der Waals surface area contributed by atoms with Crippen molar-refractivity contribution in [2.75, 3.05) is 18.1 Å². The second kappa shape index (κ2) is 4.87. The van der Waals surface area contributed by atoms with Gasteiger partial charge in [-0.3, -0.25) is 4.79 Å². The minimum absolute atomic E-state index is 0.00722. The van der Waals surface area contributed by atoms with Crippen molar-refractivity contribution in [3.05, 3.63) is 35.6 Å². The normalized spacial score (nSPS) is 20.9. The molecule has 1 amide bonds. The molecule has 1 heterocycles. The number of carbonyl (C=O) groups is 1. The van der Waals surface area contributed by atoms with Gasteiger partial charge in [-0.1, -0.05) is 0 Å². The number of benzene rings is 1. The van der Waals surface area contributed by atoms with E-state index in [2.05, 4.69) is 0 Å². The van der Waals surface area contributed by atoms with Crippen LogP contribution in [0.2, 0.25) is 0 Å². The number of thioether (sulfide) groups is 1. The Morgan fingerprint density at radius 1 is 1.44 bits per heavy atom. The van der Waals surface area contributed by atoms with Crippen molar-refractivity contribution in [1.29, 1.82) is 0 Å². The van der Waals surface area contributed by atoms with Crippen LogP contribution in [0, 0.1) is 5.82 Å². The van der Waals surface area contributed by atoms with Crippen LogP contribution in [0.15, 0.2) is 24.3 Å². The van der Waals surface area contributed by atoms with E-state index in [1.54, 1.807) is 12.1 Å². The number of carbonyl (C=O) groups excluding carboxylic acids is 1. The van der Waals surface area contributed by atoms with Crippen LogP contribution in [0.1, 0.15) is 17.3 Å². The van der Waals surface area contributed by atoms with Crippen molar-refractivity contribution in [2.24, 2.45) is 0 Å². The molecule has 1 aromatic carbocycles. The monoisotopic (exact) mass is 239 g/mol. The Kier molecular flexibility index (Phi) is 3.49. The average Bonchev–Trinajstić information content (AvgIpc) is 2.30. The molecule has 16 heavy (non-hydrogen) atoms. The first-order valence-electron chi connectivity index (χ1n) is 5.33. The fourth-order valence-electron chi connectivity index (χ4n) is 1.79. The number of nitrogens with zero attached hydrogens (tertiary/aromatic N) is 1. The van der Waals surface area contributed by atoms with Crippen molar-refractivity contribution < 1.29 is 9.18 Å². The quantitative estimate of drug-likeness (QED) is 0.750. The van der Waals surface area contributed by atoms with Crippen LogP contribution < -0.4 is 0 Å². The fraction of sp³-hybridized carbons (Fsp3) is 0.417. The summed E-state index contributed by atoms with van der Waals surface area (Å²) >= 11 is 1.87. The molecule has 1 aliphatic heterocycles. The lowest BCUT2D eigenvalue weighted by Crippen LogP contribution is -2.44. The Hall–Kier alpha value is -1.03. The number of rotatable bonds is 1. The first-order chi connectivity index (χ1) is 7.68. The van der Waals surface area contributed by atoms with Gasteiger partial charge in [0.2, 0.25) is 0 Å². The SMILES string of the molecule is CC1CSCCN1C(=O)c1ccc(F)cc1.